The predicted octanol–water partition coefficient (Wildman–Crippen LogP) is 14.0. The van der Waals surface area contributed by atoms with Crippen LogP contribution in [0.2, 0.25) is 0 Å². The third kappa shape index (κ3) is 15.6. The Labute approximate surface area is 579 Å². The van der Waals surface area contributed by atoms with E-state index in [-0.39, 0.29) is 117 Å². The molecule has 5 aromatic carbocycles. The van der Waals surface area contributed by atoms with Gasteiger partial charge in [0, 0.05) is 97.5 Å². The Kier molecular flexibility index (Phi) is 26.1. The number of carbonyl (C=O) groups is 6. The van der Waals surface area contributed by atoms with E-state index in [1.54, 1.807) is 0 Å². The van der Waals surface area contributed by atoms with E-state index < -0.39 is 121 Å². The molecule has 16 nitrogen and oxygen atoms in total. The minimum Gasteiger partial charge on any atom is -0.468 e. The Bertz CT molecular complexity index is 4140. The van der Waals surface area contributed by atoms with Gasteiger partial charge in [-0.15, -0.1) is 0 Å². The third-order valence-electron chi connectivity index (χ3n) is 19.3. The first-order chi connectivity index (χ1) is 47.1. The SMILES string of the molecule is COC(=O)C1(c2cc(F)c(C)cc2F)CC(=CC#N)C1.COC(=O)C1(c2cc(F)c(C)cc2F)CC(=O)C1.COC(=O)C1(c2cc(F)c(C)cc2F)CC(CC#N)C1.COC(=O)C1(c2cc(F)c(C)cc2F)CC(OC)(OC)C1.COC(=O)C1(c2cc(F)c(CBr)cc2F)CC(CC#N)C1. The predicted molar refractivity (Wildman–Crippen MR) is 341 cm³/mol. The Morgan fingerprint density at radius 1 is 0.430 bits per heavy atom. The van der Waals surface area contributed by atoms with Gasteiger partial charge in [-0.3, -0.25) is 28.8 Å². The lowest BCUT2D eigenvalue weighted by molar-refractivity contribution is -0.278. The molecule has 0 heterocycles. The van der Waals surface area contributed by atoms with E-state index in [1.807, 2.05) is 18.2 Å². The number of nitriles is 3. The second kappa shape index (κ2) is 32.6. The number of hydrogen-bond donors (Lipinski definition) is 0. The molecule has 27 heteroatoms. The quantitative estimate of drug-likeness (QED) is 0.0236. The Balaban J connectivity index is 0.000000197. The Morgan fingerprint density at radius 3 is 1.00 bits per heavy atom. The van der Waals surface area contributed by atoms with Crippen LogP contribution in [0.1, 0.15) is 133 Å². The minimum atomic E-state index is -1.36. The maximum Gasteiger partial charge on any atom is 0.317 e. The van der Waals surface area contributed by atoms with Crippen molar-refractivity contribution in [3.8, 4) is 18.2 Å². The van der Waals surface area contributed by atoms with E-state index in [0.717, 1.165) is 73.3 Å². The van der Waals surface area contributed by atoms with Crippen molar-refractivity contribution in [2.24, 2.45) is 11.8 Å². The molecule has 10 rings (SSSR count). The summed E-state index contributed by atoms with van der Waals surface area (Å²) in [5, 5.41) is 26.2. The number of ketones is 1. The molecular formula is C73H72BrF10N3O13. The number of rotatable bonds is 15. The molecule has 5 saturated carbocycles. The average molecular weight is 1470 g/mol. The van der Waals surface area contributed by atoms with Crippen molar-refractivity contribution in [3.63, 3.8) is 0 Å². The Hall–Kier alpha value is -8.97. The van der Waals surface area contributed by atoms with Gasteiger partial charge in [-0.2, -0.15) is 15.8 Å². The van der Waals surface area contributed by atoms with Crippen LogP contribution in [-0.4, -0.2) is 91.2 Å². The summed E-state index contributed by atoms with van der Waals surface area (Å²) in [6, 6.07) is 16.5. The molecule has 5 aromatic rings. The standard InChI is InChI=1S/C15H14BrF2NO2.C15H15F2NO2.C15H13F2NO2.C15H18F2O4.C13H12F2O3/c1-21-14(20)15(6-9(7-15)2-3-19)11-5-12(17)10(8-16)4-13(11)18;2*1-9-5-13(17)11(6-12(9)16)15(14(19)20-2)7-10(8-15)3-4-18;1-9-5-12(17)10(6-11(9)16)14(13(18)19-2)7-15(8-14,20-3)21-4;1-7-3-11(15)9(4-10(7)14)13(12(17)18-2)5-8(16)6-13/h4-5,9H,2,6-8H2,1H3;5-6,10H,3,7-8H2,1-2H3;3,5-6H,7-8H2,1-2H3;5-6H,7-8H2,1-4H3;3-4H,5-6H2,1-2H3. The van der Waals surface area contributed by atoms with Crippen molar-refractivity contribution in [2.45, 2.75) is 143 Å². The molecule has 0 aliphatic heterocycles. The van der Waals surface area contributed by atoms with Crippen molar-refractivity contribution in [1.82, 2.24) is 0 Å². The number of nitrogens with zero attached hydrogens (tertiary/aromatic N) is 3. The van der Waals surface area contributed by atoms with E-state index in [2.05, 4.69) is 20.7 Å². The summed E-state index contributed by atoms with van der Waals surface area (Å²) in [6.45, 7) is 5.81. The van der Waals surface area contributed by atoms with E-state index in [0.29, 0.717) is 38.5 Å². The summed E-state index contributed by atoms with van der Waals surface area (Å²) in [5.74, 6) is -10.3. The fourth-order valence-electron chi connectivity index (χ4n) is 13.6. The number of esters is 5. The molecule has 0 saturated heterocycles. The van der Waals surface area contributed by atoms with Crippen molar-refractivity contribution >= 4 is 51.6 Å². The molecule has 0 unspecified atom stereocenters. The maximum absolute atomic E-state index is 14.3. The summed E-state index contributed by atoms with van der Waals surface area (Å²) in [7, 11) is 8.92. The molecule has 0 atom stereocenters. The highest BCUT2D eigenvalue weighted by Crippen LogP contribution is 2.56. The van der Waals surface area contributed by atoms with Gasteiger partial charge in [-0.1, -0.05) is 21.5 Å². The number of methoxy groups -OCH3 is 7. The van der Waals surface area contributed by atoms with Crippen LogP contribution >= 0.6 is 15.9 Å². The van der Waals surface area contributed by atoms with Crippen LogP contribution in [0.4, 0.5) is 43.9 Å². The molecule has 5 aliphatic rings. The van der Waals surface area contributed by atoms with Gasteiger partial charge in [0.15, 0.2) is 5.79 Å². The number of hydrogen-bond acceptors (Lipinski definition) is 16. The number of ether oxygens (including phenoxy) is 7. The van der Waals surface area contributed by atoms with Gasteiger partial charge >= 0.3 is 29.8 Å². The third-order valence-corrected chi connectivity index (χ3v) is 19.9. The van der Waals surface area contributed by atoms with Crippen molar-refractivity contribution in [2.75, 3.05) is 49.8 Å². The van der Waals surface area contributed by atoms with Crippen LogP contribution in [0, 0.1) is 132 Å². The minimum absolute atomic E-state index is 0.00686. The van der Waals surface area contributed by atoms with Gasteiger partial charge in [0.25, 0.3) is 0 Å². The van der Waals surface area contributed by atoms with E-state index >= 15 is 0 Å². The first-order valence-corrected chi connectivity index (χ1v) is 32.0. The topological polar surface area (TPSA) is 238 Å². The molecule has 0 radical (unpaired) electrons. The molecule has 0 N–H and O–H groups in total. The normalized spacial score (nSPS) is 21.2. The molecular weight excluding hydrogens is 1400 g/mol. The van der Waals surface area contributed by atoms with Gasteiger partial charge < -0.3 is 33.2 Å². The van der Waals surface area contributed by atoms with Gasteiger partial charge in [-0.05, 0) is 161 Å². The number of aryl methyl sites for hydroxylation is 4. The fraction of sp³-hybridized carbons (Fsp3) is 0.438. The second-order valence-corrected chi connectivity index (χ2v) is 25.9. The lowest BCUT2D eigenvalue weighted by atomic mass is 9.57. The number of alkyl halides is 1. The summed E-state index contributed by atoms with van der Waals surface area (Å²) in [5.41, 5.74) is -4.67. The molecule has 5 fully saturated rings. The van der Waals surface area contributed by atoms with Gasteiger partial charge in [0.2, 0.25) is 0 Å². The monoisotopic (exact) mass is 1470 g/mol. The molecule has 0 amide bonds. The summed E-state index contributed by atoms with van der Waals surface area (Å²) >= 11 is 3.09. The summed E-state index contributed by atoms with van der Waals surface area (Å²) < 4.78 is 173. The van der Waals surface area contributed by atoms with Crippen LogP contribution in [-0.2, 0) is 94.3 Å². The molecule has 5 aliphatic carbocycles. The fourth-order valence-corrected chi connectivity index (χ4v) is 14.0. The van der Waals surface area contributed by atoms with Gasteiger partial charge in [0.1, 0.15) is 80.2 Å². The van der Waals surface area contributed by atoms with E-state index in [1.165, 1.54) is 76.4 Å². The first kappa shape index (κ1) is 80.0. The number of benzene rings is 5. The van der Waals surface area contributed by atoms with Crippen LogP contribution in [0.25, 0.3) is 0 Å². The smallest absolute Gasteiger partial charge is 0.317 e. The first-order valence-electron chi connectivity index (χ1n) is 30.9. The van der Waals surface area contributed by atoms with Crippen LogP contribution in [0.3, 0.4) is 0 Å². The second-order valence-electron chi connectivity index (χ2n) is 25.4. The number of allylic oxidation sites excluding steroid dienone is 2. The highest BCUT2D eigenvalue weighted by atomic mass is 79.9. The number of Topliss-reactive ketones (excluding diaryl/α,β-unsaturated/α-hetero) is 1. The number of carbonyl (C=O) groups excluding carboxylic acids is 6. The molecule has 0 spiro atoms. The average Bonchev–Trinajstić information content (AvgIpc) is 0.772. The largest absolute Gasteiger partial charge is 0.468 e. The van der Waals surface area contributed by atoms with E-state index in [4.69, 9.17) is 44.2 Å². The zero-order valence-corrected chi connectivity index (χ0v) is 58.1. The summed E-state index contributed by atoms with van der Waals surface area (Å²) in [6.07, 6.45) is 3.35. The highest BCUT2D eigenvalue weighted by Gasteiger charge is 2.63. The van der Waals surface area contributed by atoms with Crippen molar-refractivity contribution in [3.05, 3.63) is 186 Å². The highest BCUT2D eigenvalue weighted by molar-refractivity contribution is 9.08. The molecule has 100 heavy (non-hydrogen) atoms. The van der Waals surface area contributed by atoms with Crippen molar-refractivity contribution < 1.29 is 106 Å². The number of halogens is 11. The van der Waals surface area contributed by atoms with Gasteiger partial charge in [-0.25, -0.2) is 43.9 Å². The molecule has 534 valence electrons. The van der Waals surface area contributed by atoms with E-state index in [9.17, 15) is 72.7 Å². The zero-order chi connectivity index (χ0) is 74.8. The van der Waals surface area contributed by atoms with Crippen LogP contribution in [0.5, 0.6) is 0 Å². The molecule has 0 aromatic heterocycles. The van der Waals surface area contributed by atoms with Crippen LogP contribution in [0.15, 0.2) is 72.3 Å². The Morgan fingerprint density at radius 2 is 0.710 bits per heavy atom. The lowest BCUT2D eigenvalue weighted by Crippen LogP contribution is -2.61. The molecule has 0 bridgehead atoms. The van der Waals surface area contributed by atoms with Crippen LogP contribution < -0.4 is 0 Å². The summed E-state index contributed by atoms with van der Waals surface area (Å²) in [4.78, 5) is 71.2. The zero-order valence-electron chi connectivity index (χ0n) is 56.5. The lowest BCUT2D eigenvalue weighted by Gasteiger charge is -2.52. The van der Waals surface area contributed by atoms with Gasteiger partial charge in [0.05, 0.1) is 64.6 Å². The maximum atomic E-state index is 14.3. The van der Waals surface area contributed by atoms with Crippen molar-refractivity contribution in [1.29, 1.82) is 15.8 Å².